The number of benzene rings is 1. The number of nitrogens with zero attached hydrogens (tertiary/aromatic N) is 2. The number of amides is 1. The molecule has 21 heavy (non-hydrogen) atoms. The molecule has 0 aliphatic carbocycles. The minimum atomic E-state index is -0.0538. The third-order valence-electron chi connectivity index (χ3n) is 3.02. The summed E-state index contributed by atoms with van der Waals surface area (Å²) in [6.07, 6.45) is 1.58. The maximum atomic E-state index is 11.8. The summed E-state index contributed by atoms with van der Waals surface area (Å²) in [6, 6.07) is 11.4. The molecule has 0 saturated carbocycles. The highest BCUT2D eigenvalue weighted by molar-refractivity contribution is 5.93. The molecule has 0 atom stereocenters. The minimum absolute atomic E-state index is 0.0538. The second-order valence-corrected chi connectivity index (χ2v) is 4.84. The van der Waals surface area contributed by atoms with E-state index in [1.165, 1.54) is 4.90 Å². The Morgan fingerprint density at radius 1 is 1.29 bits per heavy atom. The second kappa shape index (κ2) is 6.74. The van der Waals surface area contributed by atoms with Gasteiger partial charge in [0.25, 0.3) is 5.91 Å². The Morgan fingerprint density at radius 2 is 2.10 bits per heavy atom. The summed E-state index contributed by atoms with van der Waals surface area (Å²) in [5.41, 5.74) is 1.68. The average molecular weight is 285 g/mol. The summed E-state index contributed by atoms with van der Waals surface area (Å²) in [6.45, 7) is 0.644. The maximum Gasteiger partial charge on any atom is 0.254 e. The molecule has 0 radical (unpaired) electrons. The lowest BCUT2D eigenvalue weighted by Crippen LogP contribution is -2.21. The molecule has 0 aliphatic heterocycles. The fraction of sp³-hybridized carbons (Fsp3) is 0.250. The van der Waals surface area contributed by atoms with Gasteiger partial charge >= 0.3 is 0 Å². The van der Waals surface area contributed by atoms with E-state index < -0.39 is 0 Å². The van der Waals surface area contributed by atoms with Gasteiger partial charge in [-0.3, -0.25) is 4.79 Å². The van der Waals surface area contributed by atoms with Crippen LogP contribution in [0.25, 0.3) is 0 Å². The van der Waals surface area contributed by atoms with E-state index in [2.05, 4.69) is 10.3 Å². The van der Waals surface area contributed by atoms with Crippen molar-refractivity contribution in [2.75, 3.05) is 26.5 Å². The Kier molecular flexibility index (Phi) is 4.77. The summed E-state index contributed by atoms with van der Waals surface area (Å²) in [4.78, 5) is 17.5. The molecule has 1 aromatic heterocycles. The van der Waals surface area contributed by atoms with Gasteiger partial charge in [0.05, 0.1) is 12.7 Å². The summed E-state index contributed by atoms with van der Waals surface area (Å²) in [5, 5.41) is 3.22. The number of pyridine rings is 1. The molecule has 0 aliphatic rings. The maximum absolute atomic E-state index is 11.8. The Bertz CT molecular complexity index is 609. The Hall–Kier alpha value is -2.56. The number of aromatic nitrogens is 1. The average Bonchev–Trinajstić information content (AvgIpc) is 2.53. The molecule has 1 aromatic carbocycles. The molecule has 1 amide bonds. The highest BCUT2D eigenvalue weighted by Gasteiger charge is 2.07. The first-order valence-electron chi connectivity index (χ1n) is 6.64. The summed E-state index contributed by atoms with van der Waals surface area (Å²) < 4.78 is 5.19. The zero-order chi connectivity index (χ0) is 15.2. The molecule has 2 rings (SSSR count). The van der Waals surface area contributed by atoms with Crippen LogP contribution in [0.4, 0.5) is 5.82 Å². The third kappa shape index (κ3) is 3.95. The molecule has 0 saturated heterocycles. The van der Waals surface area contributed by atoms with Gasteiger partial charge in [0, 0.05) is 26.8 Å². The van der Waals surface area contributed by atoms with Crippen LogP contribution in [-0.2, 0) is 6.54 Å². The van der Waals surface area contributed by atoms with Gasteiger partial charge in [-0.05, 0) is 29.8 Å². The minimum Gasteiger partial charge on any atom is -0.497 e. The quantitative estimate of drug-likeness (QED) is 0.916. The number of ether oxygens (including phenoxy) is 1. The van der Waals surface area contributed by atoms with Gasteiger partial charge in [-0.1, -0.05) is 12.1 Å². The predicted molar refractivity (Wildman–Crippen MR) is 82.6 cm³/mol. The van der Waals surface area contributed by atoms with E-state index in [1.54, 1.807) is 39.5 Å². The second-order valence-electron chi connectivity index (χ2n) is 4.84. The lowest BCUT2D eigenvalue weighted by atomic mass is 10.2. The van der Waals surface area contributed by atoms with Gasteiger partial charge < -0.3 is 15.0 Å². The normalized spacial score (nSPS) is 10.0. The fourth-order valence-corrected chi connectivity index (χ4v) is 1.86. The Labute approximate surface area is 124 Å². The van der Waals surface area contributed by atoms with E-state index in [0.717, 1.165) is 17.1 Å². The molecule has 0 unspecified atom stereocenters. The largest absolute Gasteiger partial charge is 0.497 e. The lowest BCUT2D eigenvalue weighted by molar-refractivity contribution is 0.0827. The van der Waals surface area contributed by atoms with Crippen LogP contribution < -0.4 is 10.1 Å². The lowest BCUT2D eigenvalue weighted by Gasteiger charge is -2.11. The monoisotopic (exact) mass is 285 g/mol. The van der Waals surface area contributed by atoms with Crippen molar-refractivity contribution in [2.45, 2.75) is 6.54 Å². The van der Waals surface area contributed by atoms with Gasteiger partial charge in [-0.15, -0.1) is 0 Å². The van der Waals surface area contributed by atoms with E-state index in [1.807, 2.05) is 24.3 Å². The molecule has 0 fully saturated rings. The van der Waals surface area contributed by atoms with Gasteiger partial charge in [-0.25, -0.2) is 4.98 Å². The molecular formula is C16H19N3O2. The number of nitrogens with one attached hydrogen (secondary N) is 1. The van der Waals surface area contributed by atoms with E-state index in [4.69, 9.17) is 4.74 Å². The zero-order valence-corrected chi connectivity index (χ0v) is 12.5. The molecule has 5 heteroatoms. The van der Waals surface area contributed by atoms with Crippen molar-refractivity contribution >= 4 is 11.7 Å². The highest BCUT2D eigenvalue weighted by atomic mass is 16.5. The third-order valence-corrected chi connectivity index (χ3v) is 3.02. The molecule has 5 nitrogen and oxygen atoms in total. The number of methoxy groups -OCH3 is 1. The standard InChI is InChI=1S/C16H19N3O2/c1-19(2)16(20)13-7-8-15(18-11-13)17-10-12-5-4-6-14(9-12)21-3/h4-9,11H,10H2,1-3H3,(H,17,18). The van der Waals surface area contributed by atoms with Crippen molar-refractivity contribution in [3.8, 4) is 5.75 Å². The molecule has 110 valence electrons. The van der Waals surface area contributed by atoms with Crippen molar-refractivity contribution in [2.24, 2.45) is 0 Å². The first kappa shape index (κ1) is 14.8. The molecule has 1 N–H and O–H groups in total. The van der Waals surface area contributed by atoms with Crippen LogP contribution in [0.15, 0.2) is 42.6 Å². The van der Waals surface area contributed by atoms with Crippen LogP contribution in [0.3, 0.4) is 0 Å². The first-order chi connectivity index (χ1) is 10.1. The van der Waals surface area contributed by atoms with Crippen LogP contribution in [0.1, 0.15) is 15.9 Å². The van der Waals surface area contributed by atoms with Crippen LogP contribution >= 0.6 is 0 Å². The van der Waals surface area contributed by atoms with Gasteiger partial charge in [0.15, 0.2) is 0 Å². The van der Waals surface area contributed by atoms with Crippen molar-refractivity contribution < 1.29 is 9.53 Å². The van der Waals surface area contributed by atoms with Crippen LogP contribution in [0, 0.1) is 0 Å². The molecule has 0 spiro atoms. The molecular weight excluding hydrogens is 266 g/mol. The summed E-state index contributed by atoms with van der Waals surface area (Å²) in [5.74, 6) is 1.50. The summed E-state index contributed by atoms with van der Waals surface area (Å²) >= 11 is 0. The van der Waals surface area contributed by atoms with E-state index >= 15 is 0 Å². The van der Waals surface area contributed by atoms with E-state index in [9.17, 15) is 4.79 Å². The van der Waals surface area contributed by atoms with Crippen LogP contribution in [0.5, 0.6) is 5.75 Å². The van der Waals surface area contributed by atoms with Crippen molar-refractivity contribution in [1.29, 1.82) is 0 Å². The Morgan fingerprint density at radius 3 is 2.71 bits per heavy atom. The van der Waals surface area contributed by atoms with Crippen molar-refractivity contribution in [1.82, 2.24) is 9.88 Å². The van der Waals surface area contributed by atoms with Gasteiger partial charge in [0.1, 0.15) is 11.6 Å². The van der Waals surface area contributed by atoms with E-state index in [0.29, 0.717) is 12.1 Å². The first-order valence-corrected chi connectivity index (χ1v) is 6.64. The highest BCUT2D eigenvalue weighted by Crippen LogP contribution is 2.14. The number of carbonyl (C=O) groups excluding carboxylic acids is 1. The fourth-order valence-electron chi connectivity index (χ4n) is 1.86. The van der Waals surface area contributed by atoms with E-state index in [-0.39, 0.29) is 5.91 Å². The van der Waals surface area contributed by atoms with Crippen LogP contribution in [0.2, 0.25) is 0 Å². The number of hydrogen-bond donors (Lipinski definition) is 1. The molecule has 0 bridgehead atoms. The Balaban J connectivity index is 1.99. The van der Waals surface area contributed by atoms with Gasteiger partial charge in [0.2, 0.25) is 0 Å². The van der Waals surface area contributed by atoms with Crippen molar-refractivity contribution in [3.05, 3.63) is 53.7 Å². The molecule has 1 heterocycles. The van der Waals surface area contributed by atoms with Crippen LogP contribution in [-0.4, -0.2) is 37.0 Å². The topological polar surface area (TPSA) is 54.5 Å². The zero-order valence-electron chi connectivity index (χ0n) is 12.5. The van der Waals surface area contributed by atoms with Gasteiger partial charge in [-0.2, -0.15) is 0 Å². The number of anilines is 1. The SMILES string of the molecule is COc1cccc(CNc2ccc(C(=O)N(C)C)cn2)c1. The smallest absolute Gasteiger partial charge is 0.254 e. The number of hydrogen-bond acceptors (Lipinski definition) is 4. The summed E-state index contributed by atoms with van der Waals surface area (Å²) in [7, 11) is 5.09. The molecule has 2 aromatic rings. The number of rotatable bonds is 5. The van der Waals surface area contributed by atoms with Crippen molar-refractivity contribution in [3.63, 3.8) is 0 Å². The number of carbonyl (C=O) groups is 1. The predicted octanol–water partition coefficient (Wildman–Crippen LogP) is 2.40.